The highest BCUT2D eigenvalue weighted by Gasteiger charge is 2.19. The van der Waals surface area contributed by atoms with Crippen LogP contribution in [0.4, 0.5) is 4.39 Å². The highest BCUT2D eigenvalue weighted by atomic mass is 32.2. The number of para-hydroxylation sites is 1. The number of rotatable bonds is 9. The standard InChI is InChI=1S/C22H21FN6OS/c23-19-11-5-4-10-18(19)21-26-27-22(29(21)17-8-2-1-3-9-17)31-16-20(30)24-12-6-14-28-15-7-13-25-28/h1-5,7-11,13,15H,6,12,14,16H2,(H,24,30). The zero-order chi connectivity index (χ0) is 21.5. The fraction of sp³-hybridized carbons (Fsp3) is 0.182. The normalized spacial score (nSPS) is 10.9. The molecule has 4 rings (SSSR count). The number of hydrogen-bond donors (Lipinski definition) is 1. The maximum Gasteiger partial charge on any atom is 0.230 e. The Morgan fingerprint density at radius 3 is 2.61 bits per heavy atom. The first-order chi connectivity index (χ1) is 15.2. The van der Waals surface area contributed by atoms with Gasteiger partial charge in [0.05, 0.1) is 11.3 Å². The smallest absolute Gasteiger partial charge is 0.230 e. The van der Waals surface area contributed by atoms with Gasteiger partial charge in [-0.15, -0.1) is 10.2 Å². The van der Waals surface area contributed by atoms with Crippen LogP contribution in [0.5, 0.6) is 0 Å². The molecule has 4 aromatic rings. The molecule has 9 heteroatoms. The van der Waals surface area contributed by atoms with E-state index >= 15 is 0 Å². The minimum Gasteiger partial charge on any atom is -0.355 e. The monoisotopic (exact) mass is 436 g/mol. The van der Waals surface area contributed by atoms with Crippen LogP contribution in [0.25, 0.3) is 17.1 Å². The number of nitrogens with zero attached hydrogens (tertiary/aromatic N) is 5. The lowest BCUT2D eigenvalue weighted by Gasteiger charge is -2.11. The lowest BCUT2D eigenvalue weighted by atomic mass is 10.2. The van der Waals surface area contributed by atoms with Crippen LogP contribution in [0.2, 0.25) is 0 Å². The fourth-order valence-corrected chi connectivity index (χ4v) is 3.85. The molecule has 2 aromatic carbocycles. The van der Waals surface area contributed by atoms with Crippen LogP contribution < -0.4 is 5.32 Å². The molecule has 158 valence electrons. The fourth-order valence-electron chi connectivity index (χ4n) is 3.07. The molecule has 0 aliphatic rings. The molecule has 31 heavy (non-hydrogen) atoms. The van der Waals surface area contributed by atoms with E-state index in [1.54, 1.807) is 29.0 Å². The number of aryl methyl sites for hydroxylation is 1. The molecule has 0 saturated carbocycles. The summed E-state index contributed by atoms with van der Waals surface area (Å²) in [6.07, 6.45) is 4.41. The third-order valence-corrected chi connectivity index (χ3v) is 5.47. The van der Waals surface area contributed by atoms with E-state index in [4.69, 9.17) is 0 Å². The Morgan fingerprint density at radius 1 is 1.03 bits per heavy atom. The number of benzene rings is 2. The summed E-state index contributed by atoms with van der Waals surface area (Å²) >= 11 is 1.26. The van der Waals surface area contributed by atoms with Crippen molar-refractivity contribution in [1.29, 1.82) is 0 Å². The van der Waals surface area contributed by atoms with Crippen LogP contribution in [0.3, 0.4) is 0 Å². The Bertz CT molecular complexity index is 1130. The van der Waals surface area contributed by atoms with Gasteiger partial charge in [-0.3, -0.25) is 14.0 Å². The van der Waals surface area contributed by atoms with E-state index in [-0.39, 0.29) is 17.5 Å². The predicted octanol–water partition coefficient (Wildman–Crippen LogP) is 3.57. The van der Waals surface area contributed by atoms with Crippen molar-refractivity contribution in [3.05, 3.63) is 78.9 Å². The van der Waals surface area contributed by atoms with Crippen molar-refractivity contribution >= 4 is 17.7 Å². The third-order valence-electron chi connectivity index (χ3n) is 4.54. The molecule has 0 bridgehead atoms. The third kappa shape index (κ3) is 5.18. The van der Waals surface area contributed by atoms with E-state index < -0.39 is 0 Å². The number of thioether (sulfide) groups is 1. The topological polar surface area (TPSA) is 77.6 Å². The molecule has 1 N–H and O–H groups in total. The zero-order valence-electron chi connectivity index (χ0n) is 16.7. The van der Waals surface area contributed by atoms with Gasteiger partial charge in [0, 0.05) is 31.2 Å². The average molecular weight is 437 g/mol. The van der Waals surface area contributed by atoms with Crippen LogP contribution in [-0.4, -0.2) is 42.7 Å². The number of nitrogens with one attached hydrogen (secondary N) is 1. The summed E-state index contributed by atoms with van der Waals surface area (Å²) in [6.45, 7) is 1.31. The molecular formula is C22H21FN6OS. The van der Waals surface area contributed by atoms with Crippen LogP contribution >= 0.6 is 11.8 Å². The summed E-state index contributed by atoms with van der Waals surface area (Å²) in [7, 11) is 0. The highest BCUT2D eigenvalue weighted by Crippen LogP contribution is 2.29. The van der Waals surface area contributed by atoms with Crippen molar-refractivity contribution in [3.8, 4) is 17.1 Å². The maximum absolute atomic E-state index is 14.4. The Morgan fingerprint density at radius 2 is 1.84 bits per heavy atom. The number of aromatic nitrogens is 5. The van der Waals surface area contributed by atoms with Crippen LogP contribution in [0, 0.1) is 5.82 Å². The molecule has 0 fully saturated rings. The summed E-state index contributed by atoms with van der Waals surface area (Å²) in [5, 5.41) is 16.0. The molecule has 0 unspecified atom stereocenters. The van der Waals surface area contributed by atoms with E-state index in [9.17, 15) is 9.18 Å². The van der Waals surface area contributed by atoms with Gasteiger partial charge in [-0.25, -0.2) is 4.39 Å². The van der Waals surface area contributed by atoms with Gasteiger partial charge in [-0.2, -0.15) is 5.10 Å². The molecule has 0 aliphatic carbocycles. The first-order valence-electron chi connectivity index (χ1n) is 9.85. The molecule has 2 aromatic heterocycles. The SMILES string of the molecule is O=C(CSc1nnc(-c2ccccc2F)n1-c1ccccc1)NCCCn1cccn1. The number of carbonyl (C=O) groups is 1. The quantitative estimate of drug-likeness (QED) is 0.321. The van der Waals surface area contributed by atoms with Crippen molar-refractivity contribution in [2.45, 2.75) is 18.1 Å². The van der Waals surface area contributed by atoms with Gasteiger partial charge in [-0.1, -0.05) is 42.1 Å². The van der Waals surface area contributed by atoms with Crippen LogP contribution in [-0.2, 0) is 11.3 Å². The molecular weight excluding hydrogens is 415 g/mol. The van der Waals surface area contributed by atoms with E-state index in [1.165, 1.54) is 17.8 Å². The van der Waals surface area contributed by atoms with Gasteiger partial charge in [0.25, 0.3) is 0 Å². The molecule has 0 aliphatic heterocycles. The largest absolute Gasteiger partial charge is 0.355 e. The molecule has 0 saturated heterocycles. The Balaban J connectivity index is 1.44. The summed E-state index contributed by atoms with van der Waals surface area (Å²) in [6, 6.07) is 17.8. The highest BCUT2D eigenvalue weighted by molar-refractivity contribution is 7.99. The average Bonchev–Trinajstić information content (AvgIpc) is 3.46. The van der Waals surface area contributed by atoms with Crippen LogP contribution in [0.15, 0.2) is 78.2 Å². The van der Waals surface area contributed by atoms with Gasteiger partial charge < -0.3 is 5.32 Å². The first-order valence-corrected chi connectivity index (χ1v) is 10.8. The van der Waals surface area contributed by atoms with Gasteiger partial charge >= 0.3 is 0 Å². The van der Waals surface area contributed by atoms with Crippen molar-refractivity contribution in [2.75, 3.05) is 12.3 Å². The van der Waals surface area contributed by atoms with E-state index in [2.05, 4.69) is 20.6 Å². The lowest BCUT2D eigenvalue weighted by molar-refractivity contribution is -0.118. The van der Waals surface area contributed by atoms with Crippen molar-refractivity contribution in [1.82, 2.24) is 29.9 Å². The number of carbonyl (C=O) groups excluding carboxylic acids is 1. The van der Waals surface area contributed by atoms with Crippen molar-refractivity contribution in [2.24, 2.45) is 0 Å². The summed E-state index contributed by atoms with van der Waals surface area (Å²) in [5.74, 6) is 0.106. The van der Waals surface area contributed by atoms with E-state index in [1.807, 2.05) is 47.3 Å². The number of halogens is 1. The predicted molar refractivity (Wildman–Crippen MR) is 117 cm³/mol. The molecule has 0 radical (unpaired) electrons. The molecule has 1 amide bonds. The molecule has 0 spiro atoms. The Labute approximate surface area is 183 Å². The lowest BCUT2D eigenvalue weighted by Crippen LogP contribution is -2.27. The zero-order valence-corrected chi connectivity index (χ0v) is 17.5. The van der Waals surface area contributed by atoms with Crippen molar-refractivity contribution < 1.29 is 9.18 Å². The Hall–Kier alpha value is -3.46. The van der Waals surface area contributed by atoms with E-state index in [0.717, 1.165) is 18.7 Å². The molecule has 7 nitrogen and oxygen atoms in total. The van der Waals surface area contributed by atoms with Gasteiger partial charge in [-0.05, 0) is 36.8 Å². The summed E-state index contributed by atoms with van der Waals surface area (Å²) < 4.78 is 18.0. The molecule has 2 heterocycles. The Kier molecular flexibility index (Phi) is 6.73. The maximum atomic E-state index is 14.4. The first kappa shape index (κ1) is 20.8. The molecule has 0 atom stereocenters. The van der Waals surface area contributed by atoms with Gasteiger partial charge in [0.2, 0.25) is 5.91 Å². The summed E-state index contributed by atoms with van der Waals surface area (Å²) in [4.78, 5) is 12.3. The van der Waals surface area contributed by atoms with E-state index in [0.29, 0.717) is 23.1 Å². The second kappa shape index (κ2) is 10.0. The van der Waals surface area contributed by atoms with Crippen LogP contribution in [0.1, 0.15) is 6.42 Å². The second-order valence-electron chi connectivity index (χ2n) is 6.72. The van der Waals surface area contributed by atoms with Crippen molar-refractivity contribution in [3.63, 3.8) is 0 Å². The second-order valence-corrected chi connectivity index (χ2v) is 7.66. The number of amides is 1. The summed E-state index contributed by atoms with van der Waals surface area (Å²) in [5.41, 5.74) is 1.15. The minimum atomic E-state index is -0.376. The number of hydrogen-bond acceptors (Lipinski definition) is 5. The van der Waals surface area contributed by atoms with Gasteiger partial charge in [0.1, 0.15) is 5.82 Å². The minimum absolute atomic E-state index is 0.0967. The van der Waals surface area contributed by atoms with Gasteiger partial charge in [0.15, 0.2) is 11.0 Å².